The van der Waals surface area contributed by atoms with Gasteiger partial charge in [-0.25, -0.2) is 0 Å². The van der Waals surface area contributed by atoms with Crippen LogP contribution in [0.15, 0.2) is 41.2 Å². The van der Waals surface area contributed by atoms with E-state index < -0.39 is 0 Å². The van der Waals surface area contributed by atoms with Gasteiger partial charge in [0.15, 0.2) is 0 Å². The van der Waals surface area contributed by atoms with Crippen molar-refractivity contribution in [2.45, 2.75) is 39.2 Å². The first kappa shape index (κ1) is 26.2. The Morgan fingerprint density at radius 1 is 1.06 bits per heavy atom. The van der Waals surface area contributed by atoms with Gasteiger partial charge in [0.2, 0.25) is 5.91 Å². The third kappa shape index (κ3) is 7.30. The van der Waals surface area contributed by atoms with Crippen molar-refractivity contribution in [1.29, 1.82) is 0 Å². The lowest BCUT2D eigenvalue weighted by atomic mass is 10.1. The van der Waals surface area contributed by atoms with Crippen molar-refractivity contribution in [3.8, 4) is 5.75 Å². The Labute approximate surface area is 209 Å². The molecule has 0 aliphatic rings. The first-order valence-corrected chi connectivity index (χ1v) is 12.8. The number of aromatic amines is 1. The average Bonchev–Trinajstić information content (AvgIpc) is 3.20. The van der Waals surface area contributed by atoms with Crippen LogP contribution in [0.1, 0.15) is 31.4 Å². The fraction of sp³-hybridized carbons (Fsp3) is 0.440. The Balaban J connectivity index is 1.37. The molecule has 0 bridgehead atoms. The van der Waals surface area contributed by atoms with Crippen molar-refractivity contribution in [1.82, 2.24) is 20.5 Å². The second kappa shape index (κ2) is 12.9. The van der Waals surface area contributed by atoms with Crippen LogP contribution in [0.5, 0.6) is 5.75 Å². The third-order valence-corrected chi connectivity index (χ3v) is 7.05. The van der Waals surface area contributed by atoms with E-state index in [0.717, 1.165) is 58.1 Å². The van der Waals surface area contributed by atoms with Gasteiger partial charge in [0, 0.05) is 37.1 Å². The number of hydrogen-bond acceptors (Lipinski definition) is 6. The Morgan fingerprint density at radius 3 is 2.50 bits per heavy atom. The minimum absolute atomic E-state index is 0.0921. The van der Waals surface area contributed by atoms with Crippen LogP contribution in [0.2, 0.25) is 5.02 Å². The molecule has 0 spiro atoms. The number of fused-ring (bicyclic) bond motifs is 1. The Bertz CT molecular complexity index is 1140. The predicted octanol–water partition coefficient (Wildman–Crippen LogP) is 3.54. The summed E-state index contributed by atoms with van der Waals surface area (Å²) in [6.45, 7) is 7.52. The fourth-order valence-electron chi connectivity index (χ4n) is 3.88. The van der Waals surface area contributed by atoms with E-state index in [9.17, 15) is 14.7 Å². The number of amides is 1. The number of rotatable bonds is 13. The summed E-state index contributed by atoms with van der Waals surface area (Å²) in [6.07, 6.45) is 2.02. The van der Waals surface area contributed by atoms with Gasteiger partial charge in [0.1, 0.15) is 11.3 Å². The number of thiazole rings is 1. The SMILES string of the molecule is CC(C)N(CCNCCc1ccc(O)c2[nH]c(=O)sc12)C(=O)CCNCCc1ccccc1Cl. The van der Waals surface area contributed by atoms with Crippen LogP contribution in [0.25, 0.3) is 10.2 Å². The zero-order valence-corrected chi connectivity index (χ0v) is 21.3. The van der Waals surface area contributed by atoms with Gasteiger partial charge in [-0.1, -0.05) is 47.2 Å². The van der Waals surface area contributed by atoms with Crippen LogP contribution < -0.4 is 15.5 Å². The second-order valence-electron chi connectivity index (χ2n) is 8.48. The minimum atomic E-state index is -0.171. The number of aromatic hydroxyl groups is 1. The largest absolute Gasteiger partial charge is 0.506 e. The number of nitrogens with zero attached hydrogens (tertiary/aromatic N) is 1. The highest BCUT2D eigenvalue weighted by Crippen LogP contribution is 2.27. The van der Waals surface area contributed by atoms with Gasteiger partial charge >= 0.3 is 4.87 Å². The number of halogens is 1. The smallest absolute Gasteiger partial charge is 0.305 e. The van der Waals surface area contributed by atoms with Gasteiger partial charge in [0.05, 0.1) is 4.70 Å². The molecular formula is C25H33ClN4O3S. The number of carbonyl (C=O) groups excluding carboxylic acids is 1. The van der Waals surface area contributed by atoms with Crippen molar-refractivity contribution in [3.05, 3.63) is 62.2 Å². The minimum Gasteiger partial charge on any atom is -0.506 e. The van der Waals surface area contributed by atoms with Crippen LogP contribution in [0.3, 0.4) is 0 Å². The van der Waals surface area contributed by atoms with E-state index in [1.54, 1.807) is 6.07 Å². The first-order chi connectivity index (χ1) is 16.4. The molecule has 1 aromatic heterocycles. The normalized spacial score (nSPS) is 11.4. The molecule has 0 saturated heterocycles. The molecule has 3 rings (SSSR count). The Morgan fingerprint density at radius 2 is 1.76 bits per heavy atom. The van der Waals surface area contributed by atoms with Crippen LogP contribution in [0.4, 0.5) is 0 Å². The topological polar surface area (TPSA) is 97.5 Å². The average molecular weight is 505 g/mol. The zero-order chi connectivity index (χ0) is 24.5. The summed E-state index contributed by atoms with van der Waals surface area (Å²) >= 11 is 7.30. The molecule has 0 aliphatic heterocycles. The summed E-state index contributed by atoms with van der Waals surface area (Å²) in [6, 6.07) is 11.4. The summed E-state index contributed by atoms with van der Waals surface area (Å²) in [5.74, 6) is 0.230. The van der Waals surface area contributed by atoms with Gasteiger partial charge in [0.25, 0.3) is 0 Å². The van der Waals surface area contributed by atoms with Gasteiger partial charge in [-0.15, -0.1) is 0 Å². The quantitative estimate of drug-likeness (QED) is 0.267. The molecule has 9 heteroatoms. The molecule has 0 aliphatic carbocycles. The number of nitrogens with one attached hydrogen (secondary N) is 3. The van der Waals surface area contributed by atoms with Crippen LogP contribution in [-0.4, -0.2) is 59.7 Å². The number of phenols is 1. The third-order valence-electron chi connectivity index (χ3n) is 5.73. The first-order valence-electron chi connectivity index (χ1n) is 11.6. The number of carbonyl (C=O) groups is 1. The zero-order valence-electron chi connectivity index (χ0n) is 19.7. The van der Waals surface area contributed by atoms with Crippen LogP contribution in [0, 0.1) is 0 Å². The highest BCUT2D eigenvalue weighted by Gasteiger charge is 2.16. The number of phenolic OH excluding ortho intramolecular Hbond substituents is 1. The molecule has 2 aromatic carbocycles. The molecule has 184 valence electrons. The number of hydrogen-bond donors (Lipinski definition) is 4. The van der Waals surface area contributed by atoms with Crippen molar-refractivity contribution in [3.63, 3.8) is 0 Å². The highest BCUT2D eigenvalue weighted by molar-refractivity contribution is 7.16. The van der Waals surface area contributed by atoms with E-state index in [0.29, 0.717) is 31.6 Å². The number of H-pyrrole nitrogens is 1. The monoisotopic (exact) mass is 504 g/mol. The van der Waals surface area contributed by atoms with Gasteiger partial charge < -0.3 is 25.6 Å². The van der Waals surface area contributed by atoms with Crippen LogP contribution in [-0.2, 0) is 17.6 Å². The van der Waals surface area contributed by atoms with Crippen LogP contribution >= 0.6 is 22.9 Å². The molecule has 0 radical (unpaired) electrons. The van der Waals surface area contributed by atoms with Crippen molar-refractivity contribution in [2.24, 2.45) is 0 Å². The summed E-state index contributed by atoms with van der Waals surface area (Å²) in [4.78, 5) is 28.8. The van der Waals surface area contributed by atoms with E-state index in [1.807, 2.05) is 49.1 Å². The molecule has 3 aromatic rings. The van der Waals surface area contributed by atoms with E-state index >= 15 is 0 Å². The number of benzene rings is 2. The van der Waals surface area contributed by atoms with E-state index in [2.05, 4.69) is 15.6 Å². The van der Waals surface area contributed by atoms with Gasteiger partial charge in [-0.3, -0.25) is 9.59 Å². The van der Waals surface area contributed by atoms with E-state index in [1.165, 1.54) is 0 Å². The molecule has 34 heavy (non-hydrogen) atoms. The Hall–Kier alpha value is -2.39. The maximum Gasteiger partial charge on any atom is 0.305 e. The lowest BCUT2D eigenvalue weighted by molar-refractivity contribution is -0.132. The summed E-state index contributed by atoms with van der Waals surface area (Å²) in [5.41, 5.74) is 2.63. The van der Waals surface area contributed by atoms with E-state index in [-0.39, 0.29) is 22.6 Å². The second-order valence-corrected chi connectivity index (χ2v) is 9.88. The highest BCUT2D eigenvalue weighted by atomic mass is 35.5. The van der Waals surface area contributed by atoms with Gasteiger partial charge in [-0.05, 0) is 63.0 Å². The lowest BCUT2D eigenvalue weighted by Crippen LogP contribution is -2.42. The summed E-state index contributed by atoms with van der Waals surface area (Å²) in [7, 11) is 0. The summed E-state index contributed by atoms with van der Waals surface area (Å²) < 4.78 is 0.799. The maximum absolute atomic E-state index is 12.7. The number of aromatic nitrogens is 1. The molecule has 0 saturated carbocycles. The summed E-state index contributed by atoms with van der Waals surface area (Å²) in [5, 5.41) is 17.4. The maximum atomic E-state index is 12.7. The van der Waals surface area contributed by atoms with E-state index in [4.69, 9.17) is 11.6 Å². The predicted molar refractivity (Wildman–Crippen MR) is 140 cm³/mol. The molecule has 4 N–H and O–H groups in total. The molecule has 1 heterocycles. The molecule has 1 amide bonds. The molecular weight excluding hydrogens is 472 g/mol. The molecule has 0 unspecified atom stereocenters. The Kier molecular flexibility index (Phi) is 9.95. The molecule has 0 fully saturated rings. The standard InChI is InChI=1S/C25H33ClN4O3S/c1-17(2)30(22(32)11-14-27-12-9-18-5-3-4-6-20(18)26)16-15-28-13-10-19-7-8-21(31)23-24(19)34-25(33)29-23/h3-8,17,27-28,31H,9-16H2,1-2H3,(H,29,33). The van der Waals surface area contributed by atoms with Crippen molar-refractivity contribution < 1.29 is 9.90 Å². The lowest BCUT2D eigenvalue weighted by Gasteiger charge is -2.27. The fourth-order valence-corrected chi connectivity index (χ4v) is 5.00. The van der Waals surface area contributed by atoms with Gasteiger partial charge in [-0.2, -0.15) is 0 Å². The molecule has 0 atom stereocenters. The van der Waals surface area contributed by atoms with Crippen molar-refractivity contribution in [2.75, 3.05) is 32.7 Å². The van der Waals surface area contributed by atoms with Crippen molar-refractivity contribution >= 4 is 39.1 Å². The molecule has 7 nitrogen and oxygen atoms in total.